The van der Waals surface area contributed by atoms with Gasteiger partial charge < -0.3 is 14.8 Å². The van der Waals surface area contributed by atoms with Crippen LogP contribution < -0.4 is 14.8 Å². The summed E-state index contributed by atoms with van der Waals surface area (Å²) in [5, 5.41) is 2.98. The molecule has 0 bridgehead atoms. The second-order valence-electron chi connectivity index (χ2n) is 5.65. The number of carbonyl (C=O) groups excluding carboxylic acids is 2. The highest BCUT2D eigenvalue weighted by Gasteiger charge is 2.36. The van der Waals surface area contributed by atoms with Crippen LogP contribution in [0.25, 0.3) is 5.57 Å². The van der Waals surface area contributed by atoms with E-state index < -0.39 is 17.6 Å². The molecular formula is C19H17FN2O4. The van der Waals surface area contributed by atoms with Gasteiger partial charge >= 0.3 is 0 Å². The Morgan fingerprint density at radius 3 is 2.04 bits per heavy atom. The fourth-order valence-corrected chi connectivity index (χ4v) is 2.67. The van der Waals surface area contributed by atoms with E-state index in [9.17, 15) is 14.0 Å². The Morgan fingerprint density at radius 2 is 1.50 bits per heavy atom. The molecule has 0 saturated carbocycles. The summed E-state index contributed by atoms with van der Waals surface area (Å²) in [6, 6.07) is 10.4. The van der Waals surface area contributed by atoms with Crippen molar-refractivity contribution < 1.29 is 23.5 Å². The van der Waals surface area contributed by atoms with Gasteiger partial charge in [-0.2, -0.15) is 0 Å². The first-order chi connectivity index (χ1) is 12.4. The van der Waals surface area contributed by atoms with Crippen LogP contribution in [0, 0.1) is 5.82 Å². The maximum Gasteiger partial charge on any atom is 0.277 e. The second-order valence-corrected chi connectivity index (χ2v) is 5.65. The SMILES string of the molecule is COc1cc(NC2=C(c3ccc(F)cc3)C(=O)N(C)C2=O)cc(OC)c1. The average Bonchev–Trinajstić information content (AvgIpc) is 2.86. The zero-order valence-corrected chi connectivity index (χ0v) is 14.5. The summed E-state index contributed by atoms with van der Waals surface area (Å²) >= 11 is 0. The fraction of sp³-hybridized carbons (Fsp3) is 0.158. The Balaban J connectivity index is 2.08. The Morgan fingerprint density at radius 1 is 0.923 bits per heavy atom. The Kier molecular flexibility index (Phi) is 4.62. The number of benzene rings is 2. The summed E-state index contributed by atoms with van der Waals surface area (Å²) in [6.45, 7) is 0. The van der Waals surface area contributed by atoms with Gasteiger partial charge in [0.15, 0.2) is 0 Å². The third-order valence-electron chi connectivity index (χ3n) is 4.04. The van der Waals surface area contributed by atoms with Gasteiger partial charge in [0, 0.05) is 30.9 Å². The molecule has 2 aromatic rings. The molecule has 0 fully saturated rings. The van der Waals surface area contributed by atoms with Crippen LogP contribution in [0.1, 0.15) is 5.56 Å². The summed E-state index contributed by atoms with van der Waals surface area (Å²) in [4.78, 5) is 26.1. The molecule has 0 saturated heterocycles. The molecule has 0 aliphatic carbocycles. The zero-order chi connectivity index (χ0) is 18.8. The Bertz CT molecular complexity index is 884. The lowest BCUT2D eigenvalue weighted by Crippen LogP contribution is -2.27. The molecule has 0 spiro atoms. The zero-order valence-electron chi connectivity index (χ0n) is 14.5. The highest BCUT2D eigenvalue weighted by atomic mass is 19.1. The van der Waals surface area contributed by atoms with E-state index in [1.165, 1.54) is 45.5 Å². The first-order valence-corrected chi connectivity index (χ1v) is 7.77. The number of ether oxygens (including phenoxy) is 2. The molecule has 1 N–H and O–H groups in total. The predicted molar refractivity (Wildman–Crippen MR) is 94.3 cm³/mol. The number of carbonyl (C=O) groups is 2. The van der Waals surface area contributed by atoms with E-state index in [0.717, 1.165) is 4.90 Å². The molecule has 1 aliphatic heterocycles. The van der Waals surface area contributed by atoms with Crippen LogP contribution in [0.2, 0.25) is 0 Å². The van der Waals surface area contributed by atoms with Gasteiger partial charge in [0.25, 0.3) is 11.8 Å². The summed E-state index contributed by atoms with van der Waals surface area (Å²) in [6.07, 6.45) is 0. The van der Waals surface area contributed by atoms with E-state index >= 15 is 0 Å². The molecule has 7 heteroatoms. The number of imide groups is 1. The lowest BCUT2D eigenvalue weighted by molar-refractivity contribution is -0.135. The standard InChI is InChI=1S/C19H17FN2O4/c1-22-18(23)16(11-4-6-12(20)7-5-11)17(19(22)24)21-13-8-14(25-2)10-15(9-13)26-3/h4-10,21H,1-3H3. The van der Waals surface area contributed by atoms with Crippen LogP contribution in [0.3, 0.4) is 0 Å². The van der Waals surface area contributed by atoms with Crippen LogP contribution in [-0.4, -0.2) is 38.0 Å². The lowest BCUT2D eigenvalue weighted by Gasteiger charge is -2.12. The van der Waals surface area contributed by atoms with Gasteiger partial charge in [0.1, 0.15) is 23.0 Å². The normalized spacial score (nSPS) is 14.1. The highest BCUT2D eigenvalue weighted by Crippen LogP contribution is 2.32. The molecular weight excluding hydrogens is 339 g/mol. The molecule has 6 nitrogen and oxygen atoms in total. The monoisotopic (exact) mass is 356 g/mol. The molecule has 1 heterocycles. The van der Waals surface area contributed by atoms with Crippen molar-refractivity contribution in [2.75, 3.05) is 26.6 Å². The molecule has 1 aliphatic rings. The molecule has 0 atom stereocenters. The minimum absolute atomic E-state index is 0.111. The van der Waals surface area contributed by atoms with Gasteiger partial charge in [-0.1, -0.05) is 12.1 Å². The van der Waals surface area contributed by atoms with Gasteiger partial charge in [-0.15, -0.1) is 0 Å². The first kappa shape index (κ1) is 17.5. The largest absolute Gasteiger partial charge is 0.497 e. The summed E-state index contributed by atoms with van der Waals surface area (Å²) in [5.74, 6) is -0.302. The van der Waals surface area contributed by atoms with Crippen LogP contribution >= 0.6 is 0 Å². The number of likely N-dealkylation sites (N-methyl/N-ethyl adjacent to an activating group) is 1. The topological polar surface area (TPSA) is 67.9 Å². The summed E-state index contributed by atoms with van der Waals surface area (Å²) in [7, 11) is 4.43. The van der Waals surface area contributed by atoms with Crippen LogP contribution in [0.5, 0.6) is 11.5 Å². The summed E-state index contributed by atoms with van der Waals surface area (Å²) in [5.41, 5.74) is 1.26. The molecule has 2 aromatic carbocycles. The van der Waals surface area contributed by atoms with Crippen molar-refractivity contribution in [2.24, 2.45) is 0 Å². The number of nitrogens with one attached hydrogen (secondary N) is 1. The second kappa shape index (κ2) is 6.87. The molecule has 0 unspecified atom stereocenters. The van der Waals surface area contributed by atoms with E-state index in [0.29, 0.717) is 22.7 Å². The van der Waals surface area contributed by atoms with Crippen molar-refractivity contribution in [3.05, 3.63) is 59.5 Å². The van der Waals surface area contributed by atoms with Crippen molar-refractivity contribution >= 4 is 23.1 Å². The van der Waals surface area contributed by atoms with E-state index in [4.69, 9.17) is 9.47 Å². The maximum absolute atomic E-state index is 13.2. The minimum atomic E-state index is -0.476. The van der Waals surface area contributed by atoms with Gasteiger partial charge in [0.2, 0.25) is 0 Å². The number of rotatable bonds is 5. The van der Waals surface area contributed by atoms with E-state index in [1.54, 1.807) is 18.2 Å². The Labute approximate surface area is 149 Å². The van der Waals surface area contributed by atoms with Gasteiger partial charge in [-0.25, -0.2) is 4.39 Å². The molecule has 0 radical (unpaired) electrons. The number of nitrogens with zero attached hydrogens (tertiary/aromatic N) is 1. The lowest BCUT2D eigenvalue weighted by atomic mass is 10.0. The van der Waals surface area contributed by atoms with E-state index in [2.05, 4.69) is 5.32 Å². The average molecular weight is 356 g/mol. The first-order valence-electron chi connectivity index (χ1n) is 7.77. The minimum Gasteiger partial charge on any atom is -0.497 e. The number of methoxy groups -OCH3 is 2. The van der Waals surface area contributed by atoms with Gasteiger partial charge in [-0.05, 0) is 17.7 Å². The van der Waals surface area contributed by atoms with Crippen molar-refractivity contribution in [3.8, 4) is 11.5 Å². The molecule has 2 amide bonds. The van der Waals surface area contributed by atoms with Gasteiger partial charge in [-0.3, -0.25) is 14.5 Å². The molecule has 134 valence electrons. The van der Waals surface area contributed by atoms with Crippen molar-refractivity contribution in [3.63, 3.8) is 0 Å². The third-order valence-corrected chi connectivity index (χ3v) is 4.04. The highest BCUT2D eigenvalue weighted by molar-refractivity contribution is 6.36. The van der Waals surface area contributed by atoms with Crippen LogP contribution in [0.15, 0.2) is 48.2 Å². The fourth-order valence-electron chi connectivity index (χ4n) is 2.67. The number of hydrogen-bond donors (Lipinski definition) is 1. The van der Waals surface area contributed by atoms with Crippen molar-refractivity contribution in [2.45, 2.75) is 0 Å². The number of hydrogen-bond acceptors (Lipinski definition) is 5. The third kappa shape index (κ3) is 3.11. The smallest absolute Gasteiger partial charge is 0.277 e. The Hall–Kier alpha value is -3.35. The predicted octanol–water partition coefficient (Wildman–Crippen LogP) is 2.66. The number of amides is 2. The number of anilines is 1. The molecule has 26 heavy (non-hydrogen) atoms. The molecule has 0 aromatic heterocycles. The molecule has 3 rings (SSSR count). The maximum atomic E-state index is 13.2. The van der Waals surface area contributed by atoms with E-state index in [1.807, 2.05) is 0 Å². The van der Waals surface area contributed by atoms with Gasteiger partial charge in [0.05, 0.1) is 19.8 Å². The van der Waals surface area contributed by atoms with Crippen LogP contribution in [0.4, 0.5) is 10.1 Å². The quantitative estimate of drug-likeness (QED) is 0.835. The van der Waals surface area contributed by atoms with Crippen LogP contribution in [-0.2, 0) is 9.59 Å². The van der Waals surface area contributed by atoms with Crippen molar-refractivity contribution in [1.29, 1.82) is 0 Å². The van der Waals surface area contributed by atoms with Crippen molar-refractivity contribution in [1.82, 2.24) is 4.90 Å². The summed E-state index contributed by atoms with van der Waals surface area (Å²) < 4.78 is 23.6. The van der Waals surface area contributed by atoms with E-state index in [-0.39, 0.29) is 11.3 Å². The number of halogens is 1.